The Kier molecular flexibility index (Phi) is 19.4. The third-order valence-electron chi connectivity index (χ3n) is 11.2. The highest BCUT2D eigenvalue weighted by molar-refractivity contribution is 5.97. The van der Waals surface area contributed by atoms with Gasteiger partial charge in [-0.3, -0.25) is 33.7 Å². The first-order valence-corrected chi connectivity index (χ1v) is 21.8. The highest BCUT2D eigenvalue weighted by atomic mass is 16.6. The van der Waals surface area contributed by atoms with Crippen molar-refractivity contribution < 1.29 is 43.0 Å². The molecule has 2 aromatic carbocycles. The minimum atomic E-state index is -1.24. The van der Waals surface area contributed by atoms with E-state index in [4.69, 9.17) is 9.47 Å². The van der Waals surface area contributed by atoms with Gasteiger partial charge in [0.25, 0.3) is 0 Å². The summed E-state index contributed by atoms with van der Waals surface area (Å²) in [5.74, 6) is -4.14. The summed E-state index contributed by atoms with van der Waals surface area (Å²) in [6.07, 6.45) is 2.13. The van der Waals surface area contributed by atoms with Crippen molar-refractivity contribution in [1.29, 1.82) is 0 Å². The van der Waals surface area contributed by atoms with E-state index >= 15 is 0 Å². The zero-order chi connectivity index (χ0) is 46.3. The topological polar surface area (TPSA) is 175 Å². The average molecular weight is 863 g/mol. The van der Waals surface area contributed by atoms with Gasteiger partial charge in [0.05, 0.1) is 6.42 Å². The number of amides is 6. The normalized spacial score (nSPS) is 15.8. The van der Waals surface area contributed by atoms with Crippen molar-refractivity contribution in [1.82, 2.24) is 30.2 Å². The zero-order valence-electron chi connectivity index (χ0n) is 38.6. The van der Waals surface area contributed by atoms with Crippen LogP contribution in [0.4, 0.5) is 4.79 Å². The van der Waals surface area contributed by atoms with Gasteiger partial charge in [0.1, 0.15) is 42.4 Å². The summed E-state index contributed by atoms with van der Waals surface area (Å²) >= 11 is 0. The number of esters is 1. The van der Waals surface area contributed by atoms with Gasteiger partial charge >= 0.3 is 12.1 Å². The number of likely N-dealkylation sites (N-methyl/N-ethyl adjacent to an activating group) is 3. The quantitative estimate of drug-likeness (QED) is 0.185. The summed E-state index contributed by atoms with van der Waals surface area (Å²) in [7, 11) is 4.44. The Morgan fingerprint density at radius 1 is 0.710 bits per heavy atom. The van der Waals surface area contributed by atoms with E-state index in [-0.39, 0.29) is 18.9 Å². The maximum Gasteiger partial charge on any atom is 0.410 e. The highest BCUT2D eigenvalue weighted by Crippen LogP contribution is 2.21. The van der Waals surface area contributed by atoms with Crippen LogP contribution in [-0.4, -0.2) is 131 Å². The molecule has 2 aromatic rings. The van der Waals surface area contributed by atoms with Crippen molar-refractivity contribution in [3.05, 3.63) is 71.8 Å². The molecule has 15 nitrogen and oxygen atoms in total. The first-order valence-electron chi connectivity index (χ1n) is 21.8. The third kappa shape index (κ3) is 14.9. The Hall–Kier alpha value is -5.47. The van der Waals surface area contributed by atoms with E-state index in [0.717, 1.165) is 30.4 Å². The predicted molar refractivity (Wildman–Crippen MR) is 236 cm³/mol. The lowest BCUT2D eigenvalue weighted by Crippen LogP contribution is -2.61. The van der Waals surface area contributed by atoms with Crippen molar-refractivity contribution in [2.45, 2.75) is 136 Å². The van der Waals surface area contributed by atoms with E-state index in [1.807, 2.05) is 74.5 Å². The highest BCUT2D eigenvalue weighted by Gasteiger charge is 2.41. The lowest BCUT2D eigenvalue weighted by atomic mass is 9.96. The summed E-state index contributed by atoms with van der Waals surface area (Å²) in [5, 5.41) is 5.58. The molecule has 0 radical (unpaired) electrons. The molecule has 1 heterocycles. The Morgan fingerprint density at radius 3 is 1.79 bits per heavy atom. The van der Waals surface area contributed by atoms with Crippen LogP contribution in [-0.2, 0) is 51.3 Å². The molecule has 3 rings (SSSR count). The molecule has 0 bridgehead atoms. The minimum Gasteiger partial charge on any atom is -0.461 e. The van der Waals surface area contributed by atoms with Crippen LogP contribution in [0.25, 0.3) is 0 Å². The van der Waals surface area contributed by atoms with Crippen LogP contribution in [0.3, 0.4) is 0 Å². The van der Waals surface area contributed by atoms with Crippen molar-refractivity contribution in [2.75, 3.05) is 34.2 Å². The smallest absolute Gasteiger partial charge is 0.410 e. The Balaban J connectivity index is 1.88. The van der Waals surface area contributed by atoms with Gasteiger partial charge in [-0.25, -0.2) is 4.79 Å². The van der Waals surface area contributed by atoms with E-state index in [1.165, 1.54) is 42.8 Å². The minimum absolute atomic E-state index is 0.00299. The summed E-state index contributed by atoms with van der Waals surface area (Å²) in [6.45, 7) is 15.0. The Morgan fingerprint density at radius 2 is 1.26 bits per heavy atom. The molecule has 0 saturated carbocycles. The monoisotopic (exact) mass is 863 g/mol. The molecule has 62 heavy (non-hydrogen) atoms. The molecule has 4 unspecified atom stereocenters. The fraction of sp³-hybridized carbons (Fsp3) is 0.596. The number of carbonyl (C=O) groups is 7. The zero-order valence-corrected chi connectivity index (χ0v) is 38.6. The van der Waals surface area contributed by atoms with Crippen LogP contribution in [0.1, 0.15) is 98.6 Å². The first kappa shape index (κ1) is 50.9. The molecule has 0 aliphatic carbocycles. The fourth-order valence-corrected chi connectivity index (χ4v) is 7.59. The summed E-state index contributed by atoms with van der Waals surface area (Å²) in [4.78, 5) is 103. The lowest BCUT2D eigenvalue weighted by Gasteiger charge is -2.38. The van der Waals surface area contributed by atoms with Crippen LogP contribution in [0.15, 0.2) is 60.7 Å². The fourth-order valence-electron chi connectivity index (χ4n) is 7.59. The molecule has 1 saturated heterocycles. The molecule has 0 aromatic heterocycles. The van der Waals surface area contributed by atoms with Crippen molar-refractivity contribution in [2.24, 2.45) is 11.8 Å². The average Bonchev–Trinajstić information content (AvgIpc) is 3.23. The van der Waals surface area contributed by atoms with Crippen LogP contribution >= 0.6 is 0 Å². The van der Waals surface area contributed by atoms with Crippen molar-refractivity contribution >= 4 is 41.6 Å². The molecular formula is C47H70N6O9. The number of hydrogen-bond donors (Lipinski definition) is 2. The van der Waals surface area contributed by atoms with Crippen molar-refractivity contribution in [3.63, 3.8) is 0 Å². The summed E-state index contributed by atoms with van der Waals surface area (Å²) < 4.78 is 11.0. The molecule has 0 spiro atoms. The van der Waals surface area contributed by atoms with Gasteiger partial charge in [-0.1, -0.05) is 94.8 Å². The van der Waals surface area contributed by atoms with Crippen LogP contribution < -0.4 is 10.6 Å². The second-order valence-corrected chi connectivity index (χ2v) is 17.7. The van der Waals surface area contributed by atoms with Crippen LogP contribution in [0.5, 0.6) is 0 Å². The van der Waals surface area contributed by atoms with Gasteiger partial charge in [0.15, 0.2) is 0 Å². The molecule has 2 N–H and O–H groups in total. The van der Waals surface area contributed by atoms with Gasteiger partial charge < -0.3 is 34.8 Å². The van der Waals surface area contributed by atoms with Gasteiger partial charge in [-0.15, -0.1) is 0 Å². The largest absolute Gasteiger partial charge is 0.461 e. The SMILES string of the molecule is CCC(C)[C@@H](C(=O)N[C@@H](C)C(=O)N(C)C(Cc1ccccc1)C(=O)N(C)C(C(=O)NC(CC(=O)OCc1ccccc1)C(=O)N1CCCCC1)C(C)C)N(C)C(=O)OC(C)(C)C. The lowest BCUT2D eigenvalue weighted by molar-refractivity contribution is -0.152. The number of rotatable bonds is 19. The molecule has 6 atom stereocenters. The van der Waals surface area contributed by atoms with E-state index in [2.05, 4.69) is 10.6 Å². The Labute approximate surface area is 368 Å². The second-order valence-electron chi connectivity index (χ2n) is 17.7. The molecular weight excluding hydrogens is 793 g/mol. The van der Waals surface area contributed by atoms with Gasteiger partial charge in [-0.2, -0.15) is 0 Å². The van der Waals surface area contributed by atoms with E-state index in [1.54, 1.807) is 39.5 Å². The number of hydrogen-bond acceptors (Lipinski definition) is 9. The van der Waals surface area contributed by atoms with E-state index < -0.39 is 89.7 Å². The van der Waals surface area contributed by atoms with Crippen LogP contribution in [0, 0.1) is 11.8 Å². The second kappa shape index (κ2) is 23.7. The van der Waals surface area contributed by atoms with E-state index in [9.17, 15) is 33.6 Å². The summed E-state index contributed by atoms with van der Waals surface area (Å²) in [5.41, 5.74) is 0.729. The van der Waals surface area contributed by atoms with Crippen LogP contribution in [0.2, 0.25) is 0 Å². The molecule has 6 amide bonds. The molecule has 1 fully saturated rings. The maximum atomic E-state index is 14.7. The number of piperidine rings is 1. The number of nitrogens with zero attached hydrogens (tertiary/aromatic N) is 4. The van der Waals surface area contributed by atoms with Gasteiger partial charge in [0.2, 0.25) is 29.5 Å². The number of nitrogens with one attached hydrogen (secondary N) is 2. The maximum absolute atomic E-state index is 14.7. The van der Waals surface area contributed by atoms with Gasteiger partial charge in [-0.05, 0) is 69.9 Å². The molecule has 15 heteroatoms. The standard InChI is InChI=1S/C47H70N6O9/c1-12-32(4)40(52(11)46(60)62-47(6,7)8)42(56)48-33(5)43(57)50(9)37(28-34-22-16-13-17-23-34)45(59)51(10)39(31(2)3)41(55)49-36(44(58)53-26-20-15-21-27-53)29-38(54)61-30-35-24-18-14-19-25-35/h13-14,16-19,22-25,31-33,36-37,39-40H,12,15,20-21,26-30H2,1-11H3,(H,48,56)(H,49,55)/t32?,33-,36?,37?,39?,40-/m0/s1. The molecule has 342 valence electrons. The number of ether oxygens (including phenoxy) is 2. The third-order valence-corrected chi connectivity index (χ3v) is 11.2. The Bertz CT molecular complexity index is 1810. The molecule has 1 aliphatic rings. The number of likely N-dealkylation sites (tertiary alicyclic amines) is 1. The number of carbonyl (C=O) groups excluding carboxylic acids is 7. The molecule has 1 aliphatic heterocycles. The van der Waals surface area contributed by atoms with Crippen molar-refractivity contribution in [3.8, 4) is 0 Å². The van der Waals surface area contributed by atoms with Gasteiger partial charge in [0, 0.05) is 40.7 Å². The predicted octanol–water partition coefficient (Wildman–Crippen LogP) is 4.96. The van der Waals surface area contributed by atoms with E-state index in [0.29, 0.717) is 19.5 Å². The number of benzene rings is 2. The summed E-state index contributed by atoms with van der Waals surface area (Å²) in [6, 6.07) is 12.7. The first-order chi connectivity index (χ1) is 29.2.